The normalized spacial score (nSPS) is 12.8. The summed E-state index contributed by atoms with van der Waals surface area (Å²) in [5.41, 5.74) is 7.75. The average molecular weight is 577 g/mol. The van der Waals surface area contributed by atoms with Crippen LogP contribution in [0, 0.1) is 0 Å². The number of benzene rings is 8. The third-order valence-electron chi connectivity index (χ3n) is 8.72. The summed E-state index contributed by atoms with van der Waals surface area (Å²) in [6, 6.07) is 48.1. The highest BCUT2D eigenvalue weighted by molar-refractivity contribution is 6.23. The quantitative estimate of drug-likeness (QED) is 0.190. The van der Waals surface area contributed by atoms with E-state index in [-0.39, 0.29) is 24.2 Å². The summed E-state index contributed by atoms with van der Waals surface area (Å²) in [4.78, 5) is 0. The molecule has 0 amide bonds. The van der Waals surface area contributed by atoms with Gasteiger partial charge in [-0.25, -0.2) is 0 Å². The lowest BCUT2D eigenvalue weighted by molar-refractivity contribution is 0.670. The molecule has 0 atom stereocenters. The Morgan fingerprint density at radius 2 is 0.822 bits per heavy atom. The van der Waals surface area contributed by atoms with Crippen LogP contribution in [-0.4, -0.2) is 0 Å². The number of rotatable bonds is 4. The molecule has 45 heavy (non-hydrogen) atoms. The van der Waals surface area contributed by atoms with Crippen molar-refractivity contribution in [2.45, 2.75) is 0 Å². The molecule has 1 heterocycles. The topological polar surface area (TPSA) is 13.1 Å². The predicted molar refractivity (Wildman–Crippen MR) is 190 cm³/mol. The van der Waals surface area contributed by atoms with Gasteiger partial charge in [0.2, 0.25) is 0 Å². The van der Waals surface area contributed by atoms with Crippen LogP contribution in [0.2, 0.25) is 0 Å². The minimum atomic E-state index is -0.0550. The number of hydrogen-bond donors (Lipinski definition) is 0. The van der Waals surface area contributed by atoms with Gasteiger partial charge in [0.25, 0.3) is 0 Å². The lowest BCUT2D eigenvalue weighted by atomic mass is 9.84. The maximum absolute atomic E-state index is 9.30. The van der Waals surface area contributed by atoms with Crippen LogP contribution in [0.25, 0.3) is 88.0 Å². The third-order valence-corrected chi connectivity index (χ3v) is 8.72. The third kappa shape index (κ3) is 4.17. The second-order valence-electron chi connectivity index (χ2n) is 11.3. The summed E-state index contributed by atoms with van der Waals surface area (Å²) < 4.78 is 43.3. The Morgan fingerprint density at radius 3 is 1.42 bits per heavy atom. The zero-order chi connectivity index (χ0) is 33.2. The van der Waals surface area contributed by atoms with Crippen LogP contribution in [0.3, 0.4) is 0 Å². The van der Waals surface area contributed by atoms with E-state index in [0.29, 0.717) is 22.3 Å². The highest BCUT2D eigenvalue weighted by Crippen LogP contribution is 2.46. The molecule has 1 heteroatoms. The fourth-order valence-corrected chi connectivity index (χ4v) is 6.70. The Balaban J connectivity index is 1.40. The van der Waals surface area contributed by atoms with Crippen LogP contribution in [0.15, 0.2) is 174 Å². The first kappa shape index (κ1) is 21.7. The zero-order valence-electron chi connectivity index (χ0n) is 28.3. The number of hydrogen-bond acceptors (Lipinski definition) is 1. The molecule has 1 nitrogen and oxygen atoms in total. The summed E-state index contributed by atoms with van der Waals surface area (Å²) in [6.45, 7) is 0. The number of para-hydroxylation sites is 1. The molecule has 0 aliphatic rings. The molecule has 0 aliphatic heterocycles. The van der Waals surface area contributed by atoms with E-state index < -0.39 is 0 Å². The molecule has 0 spiro atoms. The number of fused-ring (bicyclic) bond motifs is 5. The highest BCUT2D eigenvalue weighted by atomic mass is 16.3. The first-order valence-corrected chi connectivity index (χ1v) is 15.1. The van der Waals surface area contributed by atoms with Gasteiger partial charge >= 0.3 is 0 Å². The van der Waals surface area contributed by atoms with Gasteiger partial charge in [0.15, 0.2) is 0 Å². The molecule has 0 N–H and O–H groups in total. The van der Waals surface area contributed by atoms with Crippen molar-refractivity contribution in [3.8, 4) is 44.5 Å². The molecule has 0 unspecified atom stereocenters. The summed E-state index contributed by atoms with van der Waals surface area (Å²) >= 11 is 0. The van der Waals surface area contributed by atoms with Crippen molar-refractivity contribution in [3.05, 3.63) is 170 Å². The number of furan rings is 1. The van der Waals surface area contributed by atoms with Gasteiger partial charge in [-0.3, -0.25) is 0 Å². The van der Waals surface area contributed by atoms with Gasteiger partial charge < -0.3 is 4.42 Å². The second-order valence-corrected chi connectivity index (χ2v) is 11.3. The van der Waals surface area contributed by atoms with Crippen molar-refractivity contribution in [3.63, 3.8) is 0 Å². The largest absolute Gasteiger partial charge is 0.455 e. The highest BCUT2D eigenvalue weighted by Gasteiger charge is 2.20. The van der Waals surface area contributed by atoms with Crippen LogP contribution in [0.1, 0.15) is 5.48 Å². The average Bonchev–Trinajstić information content (AvgIpc) is 3.53. The molecular formula is C44H28O. The van der Waals surface area contributed by atoms with Gasteiger partial charge in [0.05, 0.1) is 5.48 Å². The molecular weight excluding hydrogens is 544 g/mol. The lowest BCUT2D eigenvalue weighted by Crippen LogP contribution is -1.91. The molecule has 1 aromatic heterocycles. The first-order valence-electron chi connectivity index (χ1n) is 17.1. The molecule has 9 rings (SSSR count). The smallest absolute Gasteiger partial charge is 0.143 e. The molecule has 0 radical (unpaired) electrons. The SMILES string of the molecule is [2H]c1c([2H])c(-c2c3ccccc3c(-c3cc(-c4ccccc4)c4oc5ccccc5c4c3)c3ccccc23)c([2H])c([2H])c1-c1ccccc1. The molecule has 9 aromatic rings. The van der Waals surface area contributed by atoms with Crippen molar-refractivity contribution >= 4 is 43.5 Å². The molecule has 0 saturated heterocycles. The Kier molecular flexibility index (Phi) is 5.00. The summed E-state index contributed by atoms with van der Waals surface area (Å²) in [6.07, 6.45) is 0. The van der Waals surface area contributed by atoms with Gasteiger partial charge in [-0.15, -0.1) is 0 Å². The van der Waals surface area contributed by atoms with Crippen LogP contribution < -0.4 is 0 Å². The van der Waals surface area contributed by atoms with Crippen molar-refractivity contribution in [1.82, 2.24) is 0 Å². The van der Waals surface area contributed by atoms with E-state index in [4.69, 9.17) is 7.16 Å². The van der Waals surface area contributed by atoms with Gasteiger partial charge in [-0.2, -0.15) is 0 Å². The van der Waals surface area contributed by atoms with E-state index in [1.165, 1.54) is 0 Å². The minimum absolute atomic E-state index is 0.0516. The van der Waals surface area contributed by atoms with Gasteiger partial charge in [0, 0.05) is 16.3 Å². The van der Waals surface area contributed by atoms with Crippen LogP contribution in [-0.2, 0) is 0 Å². The van der Waals surface area contributed by atoms with Gasteiger partial charge in [0.1, 0.15) is 11.2 Å². The molecule has 0 fully saturated rings. The van der Waals surface area contributed by atoms with Crippen LogP contribution >= 0.6 is 0 Å². The first-order chi connectivity index (χ1) is 24.0. The second kappa shape index (κ2) is 10.4. The Bertz CT molecular complexity index is 2660. The van der Waals surface area contributed by atoms with E-state index in [0.717, 1.165) is 65.7 Å². The maximum Gasteiger partial charge on any atom is 0.143 e. The Hall–Kier alpha value is -5.92. The Labute approximate surface area is 267 Å². The molecule has 0 aliphatic carbocycles. The van der Waals surface area contributed by atoms with Crippen molar-refractivity contribution < 1.29 is 9.90 Å². The molecule has 8 aromatic carbocycles. The standard InChI is InChI=1S/C44H28O/c1-3-13-29(14-4-1)30-23-25-32(26-24-30)42-35-18-7-9-20-37(35)43(38-21-10-8-19-36(38)42)33-27-39(31-15-5-2-6-16-31)44-40(28-33)34-17-11-12-22-41(34)45-44/h1-28H/i23D,24D,25D,26D. The van der Waals surface area contributed by atoms with Crippen LogP contribution in [0.4, 0.5) is 0 Å². The van der Waals surface area contributed by atoms with Crippen molar-refractivity contribution in [2.24, 2.45) is 0 Å². The van der Waals surface area contributed by atoms with Gasteiger partial charge in [-0.1, -0.05) is 152 Å². The summed E-state index contributed by atoms with van der Waals surface area (Å²) in [7, 11) is 0. The summed E-state index contributed by atoms with van der Waals surface area (Å²) in [5.74, 6) is 0. The van der Waals surface area contributed by atoms with E-state index in [2.05, 4.69) is 42.5 Å². The minimum Gasteiger partial charge on any atom is -0.455 e. The van der Waals surface area contributed by atoms with Crippen LogP contribution in [0.5, 0.6) is 0 Å². The predicted octanol–water partition coefficient (Wildman–Crippen LogP) is 12.6. The zero-order valence-corrected chi connectivity index (χ0v) is 24.3. The Morgan fingerprint density at radius 1 is 0.356 bits per heavy atom. The van der Waals surface area contributed by atoms with E-state index in [1.54, 1.807) is 0 Å². The van der Waals surface area contributed by atoms with Gasteiger partial charge in [-0.05, 0) is 78.7 Å². The van der Waals surface area contributed by atoms with E-state index in [9.17, 15) is 2.74 Å². The fourth-order valence-electron chi connectivity index (χ4n) is 6.70. The lowest BCUT2D eigenvalue weighted by Gasteiger charge is -2.18. The van der Waals surface area contributed by atoms with Crippen molar-refractivity contribution in [2.75, 3.05) is 0 Å². The molecule has 210 valence electrons. The van der Waals surface area contributed by atoms with Crippen molar-refractivity contribution in [1.29, 1.82) is 0 Å². The fraction of sp³-hybridized carbons (Fsp3) is 0. The molecule has 0 saturated carbocycles. The van der Waals surface area contributed by atoms with E-state index in [1.807, 2.05) is 103 Å². The molecule has 0 bridgehead atoms. The summed E-state index contributed by atoms with van der Waals surface area (Å²) in [5, 5.41) is 5.73. The maximum atomic E-state index is 9.30. The monoisotopic (exact) mass is 576 g/mol. The van der Waals surface area contributed by atoms with E-state index >= 15 is 0 Å².